The van der Waals surface area contributed by atoms with E-state index in [4.69, 9.17) is 0 Å². The van der Waals surface area contributed by atoms with Crippen LogP contribution >= 0.6 is 0 Å². The molecule has 1 unspecified atom stereocenters. The fourth-order valence-electron chi connectivity index (χ4n) is 3.04. The number of piperazine rings is 1. The van der Waals surface area contributed by atoms with Crippen molar-refractivity contribution in [1.29, 1.82) is 0 Å². The summed E-state index contributed by atoms with van der Waals surface area (Å²) in [5.41, 5.74) is 0. The van der Waals surface area contributed by atoms with E-state index < -0.39 is 0 Å². The molecule has 2 saturated heterocycles. The standard InChI is InChI=1S/C13H28N4/c1-16(2)11-13-9-15-7-8-17(13)10-12-3-5-14-6-4-12/h12-15H,3-11H2,1-2H3. The van der Waals surface area contributed by atoms with Gasteiger partial charge in [0.05, 0.1) is 0 Å². The molecule has 2 fully saturated rings. The first-order valence-corrected chi connectivity index (χ1v) is 7.06. The van der Waals surface area contributed by atoms with Crippen molar-refractivity contribution in [1.82, 2.24) is 20.4 Å². The molecular formula is C13H28N4. The molecule has 0 aromatic rings. The summed E-state index contributed by atoms with van der Waals surface area (Å²) in [4.78, 5) is 5.03. The predicted molar refractivity (Wildman–Crippen MR) is 72.4 cm³/mol. The fourth-order valence-corrected chi connectivity index (χ4v) is 3.04. The van der Waals surface area contributed by atoms with E-state index in [2.05, 4.69) is 34.5 Å². The number of hydrogen-bond donors (Lipinski definition) is 2. The quantitative estimate of drug-likeness (QED) is 0.714. The van der Waals surface area contributed by atoms with E-state index in [1.807, 2.05) is 0 Å². The molecular weight excluding hydrogens is 212 g/mol. The van der Waals surface area contributed by atoms with Crippen molar-refractivity contribution in [3.8, 4) is 0 Å². The SMILES string of the molecule is CN(C)CC1CNCCN1CC1CCNCC1. The maximum Gasteiger partial charge on any atom is 0.0348 e. The smallest absolute Gasteiger partial charge is 0.0348 e. The Hall–Kier alpha value is -0.160. The topological polar surface area (TPSA) is 30.5 Å². The Labute approximate surface area is 106 Å². The fraction of sp³-hybridized carbons (Fsp3) is 1.00. The van der Waals surface area contributed by atoms with E-state index in [0.717, 1.165) is 19.0 Å². The Bertz CT molecular complexity index is 213. The summed E-state index contributed by atoms with van der Waals surface area (Å²) in [6, 6.07) is 0.702. The minimum absolute atomic E-state index is 0.702. The first-order chi connectivity index (χ1) is 8.25. The third kappa shape index (κ3) is 4.21. The number of piperidine rings is 1. The molecule has 0 saturated carbocycles. The van der Waals surface area contributed by atoms with Gasteiger partial charge < -0.3 is 15.5 Å². The van der Waals surface area contributed by atoms with Gasteiger partial charge in [-0.3, -0.25) is 4.90 Å². The average Bonchev–Trinajstić information content (AvgIpc) is 2.32. The number of likely N-dealkylation sites (N-methyl/N-ethyl adjacent to an activating group) is 1. The lowest BCUT2D eigenvalue weighted by molar-refractivity contribution is 0.106. The van der Waals surface area contributed by atoms with Gasteiger partial charge in [0.1, 0.15) is 0 Å². The van der Waals surface area contributed by atoms with Gasteiger partial charge in [-0.1, -0.05) is 0 Å². The summed E-state index contributed by atoms with van der Waals surface area (Å²) in [6.45, 7) is 8.46. The zero-order valence-corrected chi connectivity index (χ0v) is 11.4. The molecule has 2 aliphatic rings. The summed E-state index contributed by atoms with van der Waals surface area (Å²) in [5.74, 6) is 0.916. The minimum Gasteiger partial charge on any atom is -0.317 e. The van der Waals surface area contributed by atoms with Crippen LogP contribution in [0, 0.1) is 5.92 Å². The molecule has 2 N–H and O–H groups in total. The largest absolute Gasteiger partial charge is 0.317 e. The van der Waals surface area contributed by atoms with Crippen LogP contribution in [-0.4, -0.2) is 75.8 Å². The van der Waals surface area contributed by atoms with Gasteiger partial charge in [-0.25, -0.2) is 0 Å². The molecule has 0 aliphatic carbocycles. The van der Waals surface area contributed by atoms with Crippen LogP contribution < -0.4 is 10.6 Å². The Balaban J connectivity index is 1.82. The van der Waals surface area contributed by atoms with Crippen LogP contribution in [0.1, 0.15) is 12.8 Å². The van der Waals surface area contributed by atoms with Crippen LogP contribution in [0.15, 0.2) is 0 Å². The Morgan fingerprint density at radius 1 is 1.12 bits per heavy atom. The molecule has 4 nitrogen and oxygen atoms in total. The van der Waals surface area contributed by atoms with Crippen LogP contribution in [-0.2, 0) is 0 Å². The van der Waals surface area contributed by atoms with Gasteiger partial charge in [0.2, 0.25) is 0 Å². The molecule has 1 atom stereocenters. The van der Waals surface area contributed by atoms with Gasteiger partial charge in [0, 0.05) is 38.8 Å². The molecule has 17 heavy (non-hydrogen) atoms. The summed E-state index contributed by atoms with van der Waals surface area (Å²) in [5, 5.41) is 6.98. The molecule has 0 amide bonds. The van der Waals surface area contributed by atoms with Crippen molar-refractivity contribution in [2.45, 2.75) is 18.9 Å². The summed E-state index contributed by atoms with van der Waals surface area (Å²) in [6.07, 6.45) is 2.72. The molecule has 0 radical (unpaired) electrons. The first kappa shape index (κ1) is 13.3. The maximum absolute atomic E-state index is 3.53. The van der Waals surface area contributed by atoms with E-state index >= 15 is 0 Å². The second kappa shape index (κ2) is 6.69. The van der Waals surface area contributed by atoms with Gasteiger partial charge >= 0.3 is 0 Å². The van der Waals surface area contributed by atoms with Crippen LogP contribution in [0.3, 0.4) is 0 Å². The maximum atomic E-state index is 3.53. The second-order valence-corrected chi connectivity index (χ2v) is 5.81. The number of hydrogen-bond acceptors (Lipinski definition) is 4. The Morgan fingerprint density at radius 3 is 2.59 bits per heavy atom. The molecule has 2 rings (SSSR count). The molecule has 0 aromatic heterocycles. The van der Waals surface area contributed by atoms with Gasteiger partial charge in [0.25, 0.3) is 0 Å². The summed E-state index contributed by atoms with van der Waals surface area (Å²) < 4.78 is 0. The zero-order chi connectivity index (χ0) is 12.1. The van der Waals surface area contributed by atoms with Crippen LogP contribution in [0.2, 0.25) is 0 Å². The lowest BCUT2D eigenvalue weighted by Crippen LogP contribution is -2.56. The molecule has 0 bridgehead atoms. The molecule has 2 heterocycles. The van der Waals surface area contributed by atoms with Crippen molar-refractivity contribution in [2.24, 2.45) is 5.92 Å². The van der Waals surface area contributed by atoms with E-state index in [-0.39, 0.29) is 0 Å². The Morgan fingerprint density at radius 2 is 1.88 bits per heavy atom. The summed E-state index contributed by atoms with van der Waals surface area (Å²) >= 11 is 0. The van der Waals surface area contributed by atoms with E-state index in [0.29, 0.717) is 6.04 Å². The zero-order valence-electron chi connectivity index (χ0n) is 11.4. The third-order valence-corrected chi connectivity index (χ3v) is 4.00. The highest BCUT2D eigenvalue weighted by Gasteiger charge is 2.25. The second-order valence-electron chi connectivity index (χ2n) is 5.81. The van der Waals surface area contributed by atoms with Crippen molar-refractivity contribution < 1.29 is 0 Å². The minimum atomic E-state index is 0.702. The Kier molecular flexibility index (Phi) is 5.22. The van der Waals surface area contributed by atoms with Crippen molar-refractivity contribution in [2.75, 3.05) is 59.9 Å². The molecule has 100 valence electrons. The highest BCUT2D eigenvalue weighted by molar-refractivity contribution is 4.84. The van der Waals surface area contributed by atoms with Gasteiger partial charge in [-0.05, 0) is 45.9 Å². The molecule has 0 aromatic carbocycles. The normalized spacial score (nSPS) is 28.8. The summed E-state index contributed by atoms with van der Waals surface area (Å²) in [7, 11) is 4.36. The van der Waals surface area contributed by atoms with Crippen LogP contribution in [0.25, 0.3) is 0 Å². The number of nitrogens with zero attached hydrogens (tertiary/aromatic N) is 2. The van der Waals surface area contributed by atoms with E-state index in [9.17, 15) is 0 Å². The monoisotopic (exact) mass is 240 g/mol. The lowest BCUT2D eigenvalue weighted by Gasteiger charge is -2.40. The first-order valence-electron chi connectivity index (χ1n) is 7.06. The molecule has 2 aliphatic heterocycles. The third-order valence-electron chi connectivity index (χ3n) is 4.00. The van der Waals surface area contributed by atoms with Gasteiger partial charge in [-0.2, -0.15) is 0 Å². The van der Waals surface area contributed by atoms with Gasteiger partial charge in [0.15, 0.2) is 0 Å². The predicted octanol–water partition coefficient (Wildman–Crippen LogP) is -0.179. The lowest BCUT2D eigenvalue weighted by atomic mass is 9.96. The highest BCUT2D eigenvalue weighted by atomic mass is 15.3. The number of nitrogens with one attached hydrogen (secondary N) is 2. The van der Waals surface area contributed by atoms with Crippen molar-refractivity contribution in [3.63, 3.8) is 0 Å². The van der Waals surface area contributed by atoms with E-state index in [1.54, 1.807) is 0 Å². The van der Waals surface area contributed by atoms with Crippen LogP contribution in [0.4, 0.5) is 0 Å². The van der Waals surface area contributed by atoms with Gasteiger partial charge in [-0.15, -0.1) is 0 Å². The highest BCUT2D eigenvalue weighted by Crippen LogP contribution is 2.16. The van der Waals surface area contributed by atoms with E-state index in [1.165, 1.54) is 45.6 Å². The molecule has 4 heteroatoms. The molecule has 0 spiro atoms. The van der Waals surface area contributed by atoms with Crippen LogP contribution in [0.5, 0.6) is 0 Å². The van der Waals surface area contributed by atoms with Crippen molar-refractivity contribution in [3.05, 3.63) is 0 Å². The number of rotatable bonds is 4. The average molecular weight is 240 g/mol. The van der Waals surface area contributed by atoms with Crippen molar-refractivity contribution >= 4 is 0 Å².